The number of rotatable bonds is 8. The summed E-state index contributed by atoms with van der Waals surface area (Å²) in [5, 5.41) is 5.69. The van der Waals surface area contributed by atoms with Gasteiger partial charge in [0.2, 0.25) is 10.0 Å². The van der Waals surface area contributed by atoms with Gasteiger partial charge in [-0.25, -0.2) is 13.1 Å². The van der Waals surface area contributed by atoms with Crippen molar-refractivity contribution in [3.63, 3.8) is 0 Å². The number of hydrogen-bond acceptors (Lipinski definition) is 4. The molecular formula is C19H22ClN3O4S. The molecule has 0 spiro atoms. The van der Waals surface area contributed by atoms with Crippen LogP contribution in [0.3, 0.4) is 0 Å². The van der Waals surface area contributed by atoms with Crippen molar-refractivity contribution in [1.29, 1.82) is 0 Å². The van der Waals surface area contributed by atoms with Crippen LogP contribution < -0.4 is 15.4 Å². The van der Waals surface area contributed by atoms with Crippen molar-refractivity contribution in [2.24, 2.45) is 0 Å². The predicted octanol–water partition coefficient (Wildman–Crippen LogP) is 2.11. The van der Waals surface area contributed by atoms with E-state index in [9.17, 15) is 18.0 Å². The van der Waals surface area contributed by atoms with Gasteiger partial charge in [0.05, 0.1) is 15.5 Å². The van der Waals surface area contributed by atoms with Crippen molar-refractivity contribution >= 4 is 33.4 Å². The van der Waals surface area contributed by atoms with Gasteiger partial charge < -0.3 is 10.6 Å². The van der Waals surface area contributed by atoms with E-state index < -0.39 is 15.9 Å². The van der Waals surface area contributed by atoms with Crippen molar-refractivity contribution in [1.82, 2.24) is 15.4 Å². The van der Waals surface area contributed by atoms with Gasteiger partial charge in [0, 0.05) is 25.2 Å². The molecule has 0 aliphatic heterocycles. The Balaban J connectivity index is 1.96. The largest absolute Gasteiger partial charge is 0.350 e. The third kappa shape index (κ3) is 5.54. The van der Waals surface area contributed by atoms with Gasteiger partial charge >= 0.3 is 0 Å². The highest BCUT2D eigenvalue weighted by Gasteiger charge is 2.17. The zero-order valence-corrected chi connectivity index (χ0v) is 17.2. The summed E-state index contributed by atoms with van der Waals surface area (Å²) >= 11 is 5.97. The third-order valence-corrected chi connectivity index (χ3v) is 5.79. The van der Waals surface area contributed by atoms with Crippen LogP contribution in [0.5, 0.6) is 0 Å². The van der Waals surface area contributed by atoms with Gasteiger partial charge in [0.1, 0.15) is 0 Å². The number of aryl methyl sites for hydroxylation is 1. The molecule has 3 N–H and O–H groups in total. The molecule has 7 nitrogen and oxygen atoms in total. The Labute approximate surface area is 169 Å². The third-order valence-electron chi connectivity index (χ3n) is 3.91. The molecular weight excluding hydrogens is 402 g/mol. The molecule has 0 fully saturated rings. The van der Waals surface area contributed by atoms with Crippen LogP contribution in [0.4, 0.5) is 0 Å². The maximum atomic E-state index is 12.4. The second kappa shape index (κ2) is 9.68. The Kier molecular flexibility index (Phi) is 7.56. The normalized spacial score (nSPS) is 11.1. The van der Waals surface area contributed by atoms with Gasteiger partial charge in [-0.05, 0) is 36.8 Å². The second-order valence-corrected chi connectivity index (χ2v) is 8.14. The fourth-order valence-electron chi connectivity index (χ4n) is 2.47. The zero-order chi connectivity index (χ0) is 20.7. The molecule has 2 rings (SSSR count). The van der Waals surface area contributed by atoms with Crippen LogP contribution in [0.15, 0.2) is 47.4 Å². The number of carbonyl (C=O) groups excluding carboxylic acids is 2. The van der Waals surface area contributed by atoms with Crippen LogP contribution in [0.2, 0.25) is 5.02 Å². The maximum Gasteiger partial charge on any atom is 0.252 e. The van der Waals surface area contributed by atoms with E-state index in [4.69, 9.17) is 11.6 Å². The average molecular weight is 424 g/mol. The van der Waals surface area contributed by atoms with Crippen molar-refractivity contribution in [2.45, 2.75) is 18.7 Å². The molecule has 9 heteroatoms. The Morgan fingerprint density at radius 2 is 1.57 bits per heavy atom. The minimum atomic E-state index is -3.65. The molecule has 0 aromatic heterocycles. The number of amides is 2. The average Bonchev–Trinajstić information content (AvgIpc) is 2.65. The Bertz CT molecular complexity index is 977. The van der Waals surface area contributed by atoms with Gasteiger partial charge in [-0.15, -0.1) is 0 Å². The van der Waals surface area contributed by atoms with Gasteiger partial charge in [-0.3, -0.25) is 9.59 Å². The lowest BCUT2D eigenvalue weighted by atomic mass is 10.1. The Morgan fingerprint density at radius 3 is 2.18 bits per heavy atom. The minimum Gasteiger partial charge on any atom is -0.350 e. The molecule has 0 bridgehead atoms. The van der Waals surface area contributed by atoms with E-state index in [0.717, 1.165) is 0 Å². The number of halogens is 1. The summed E-state index contributed by atoms with van der Waals surface area (Å²) in [6, 6.07) is 11.0. The molecule has 0 aliphatic rings. The van der Waals surface area contributed by atoms with Crippen molar-refractivity contribution in [3.8, 4) is 0 Å². The number of nitrogens with one attached hydrogen (secondary N) is 3. The van der Waals surface area contributed by atoms with Gasteiger partial charge in [0.25, 0.3) is 11.8 Å². The number of sulfonamides is 1. The zero-order valence-electron chi connectivity index (χ0n) is 15.6. The summed E-state index contributed by atoms with van der Waals surface area (Å²) in [5.41, 5.74) is 1.26. The van der Waals surface area contributed by atoms with E-state index in [1.807, 2.05) is 0 Å². The quantitative estimate of drug-likeness (QED) is 0.565. The summed E-state index contributed by atoms with van der Waals surface area (Å²) < 4.78 is 26.6. The van der Waals surface area contributed by atoms with Crippen LogP contribution in [-0.2, 0) is 10.0 Å². The van der Waals surface area contributed by atoms with E-state index in [-0.39, 0.29) is 36.0 Å². The van der Waals surface area contributed by atoms with E-state index in [1.165, 1.54) is 12.1 Å². The highest BCUT2D eigenvalue weighted by atomic mass is 35.5. The predicted molar refractivity (Wildman–Crippen MR) is 108 cm³/mol. The molecule has 0 saturated heterocycles. The number of benzene rings is 2. The van der Waals surface area contributed by atoms with Crippen LogP contribution in [-0.4, -0.2) is 39.9 Å². The Morgan fingerprint density at radius 1 is 0.964 bits per heavy atom. The standard InChI is InChI=1S/C19H22ClN3O4S/c1-3-23-28(26,27)14-9-8-13(2)16(12-14)19(25)22-11-10-21-18(24)15-6-4-5-7-17(15)20/h4-9,12,23H,3,10-11H2,1-2H3,(H,21,24)(H,22,25). The molecule has 0 radical (unpaired) electrons. The molecule has 0 unspecified atom stereocenters. The van der Waals surface area contributed by atoms with Crippen molar-refractivity contribution < 1.29 is 18.0 Å². The van der Waals surface area contributed by atoms with E-state index in [0.29, 0.717) is 16.1 Å². The van der Waals surface area contributed by atoms with E-state index in [2.05, 4.69) is 15.4 Å². The first-order valence-electron chi connectivity index (χ1n) is 8.67. The van der Waals surface area contributed by atoms with Gasteiger partial charge in [-0.2, -0.15) is 0 Å². The topological polar surface area (TPSA) is 104 Å². The number of hydrogen-bond donors (Lipinski definition) is 3. The minimum absolute atomic E-state index is 0.0251. The fourth-order valence-corrected chi connectivity index (χ4v) is 3.76. The lowest BCUT2D eigenvalue weighted by Crippen LogP contribution is -2.35. The molecule has 0 atom stereocenters. The molecule has 2 aromatic rings. The smallest absolute Gasteiger partial charge is 0.252 e. The van der Waals surface area contributed by atoms with Crippen LogP contribution >= 0.6 is 11.6 Å². The maximum absolute atomic E-state index is 12.4. The van der Waals surface area contributed by atoms with E-state index in [1.54, 1.807) is 44.2 Å². The van der Waals surface area contributed by atoms with Crippen LogP contribution in [0.25, 0.3) is 0 Å². The van der Waals surface area contributed by atoms with Gasteiger partial charge in [0.15, 0.2) is 0 Å². The first kappa shape index (κ1) is 21.9. The highest BCUT2D eigenvalue weighted by Crippen LogP contribution is 2.16. The highest BCUT2D eigenvalue weighted by molar-refractivity contribution is 7.89. The van der Waals surface area contributed by atoms with E-state index >= 15 is 0 Å². The lowest BCUT2D eigenvalue weighted by Gasteiger charge is -2.11. The summed E-state index contributed by atoms with van der Waals surface area (Å²) in [6.45, 7) is 4.03. The monoisotopic (exact) mass is 423 g/mol. The summed E-state index contributed by atoms with van der Waals surface area (Å²) in [4.78, 5) is 24.5. The Hall–Kier alpha value is -2.42. The molecule has 150 valence electrons. The number of carbonyl (C=O) groups is 2. The van der Waals surface area contributed by atoms with Crippen molar-refractivity contribution in [2.75, 3.05) is 19.6 Å². The molecule has 0 heterocycles. The lowest BCUT2D eigenvalue weighted by molar-refractivity contribution is 0.0927. The van der Waals surface area contributed by atoms with Crippen LogP contribution in [0.1, 0.15) is 33.2 Å². The molecule has 28 heavy (non-hydrogen) atoms. The summed E-state index contributed by atoms with van der Waals surface area (Å²) in [7, 11) is -3.65. The fraction of sp³-hybridized carbons (Fsp3) is 0.263. The molecule has 0 aliphatic carbocycles. The van der Waals surface area contributed by atoms with Gasteiger partial charge in [-0.1, -0.05) is 36.7 Å². The SMILES string of the molecule is CCNS(=O)(=O)c1ccc(C)c(C(=O)NCCNC(=O)c2ccccc2Cl)c1. The van der Waals surface area contributed by atoms with Crippen molar-refractivity contribution in [3.05, 3.63) is 64.2 Å². The van der Waals surface area contributed by atoms with Crippen LogP contribution in [0, 0.1) is 6.92 Å². The molecule has 2 amide bonds. The first-order chi connectivity index (χ1) is 13.3. The molecule has 2 aromatic carbocycles. The molecule has 0 saturated carbocycles. The summed E-state index contributed by atoms with van der Waals surface area (Å²) in [5.74, 6) is -0.757. The summed E-state index contributed by atoms with van der Waals surface area (Å²) in [6.07, 6.45) is 0. The first-order valence-corrected chi connectivity index (χ1v) is 10.5. The second-order valence-electron chi connectivity index (χ2n) is 5.97.